The van der Waals surface area contributed by atoms with Gasteiger partial charge in [0.15, 0.2) is 0 Å². The Bertz CT molecular complexity index is 1520. The van der Waals surface area contributed by atoms with Gasteiger partial charge in [0.05, 0.1) is 12.1 Å². The molecule has 148 valence electrons. The second-order valence-electron chi connectivity index (χ2n) is 8.23. The highest BCUT2D eigenvalue weighted by Gasteiger charge is 2.68. The molecule has 4 aromatic carbocycles. The van der Waals surface area contributed by atoms with Gasteiger partial charge < -0.3 is 9.47 Å². The number of benzene rings is 4. The summed E-state index contributed by atoms with van der Waals surface area (Å²) in [5.74, 6) is -2.39. The van der Waals surface area contributed by atoms with Gasteiger partial charge in [-0.3, -0.25) is 0 Å². The van der Waals surface area contributed by atoms with Crippen LogP contribution in [0.15, 0.2) is 84.9 Å². The number of allylic oxidation sites excluding steroid dienone is 2. The minimum atomic E-state index is -1.20. The molecule has 3 aliphatic rings. The zero-order valence-electron chi connectivity index (χ0n) is 16.8. The Labute approximate surface area is 183 Å². The van der Waals surface area contributed by atoms with E-state index in [1.54, 1.807) is 0 Å². The molecule has 0 aromatic heterocycles. The van der Waals surface area contributed by atoms with Gasteiger partial charge >= 0.3 is 0 Å². The van der Waals surface area contributed by atoms with Gasteiger partial charge in [0.1, 0.15) is 0 Å². The molecule has 0 atom stereocenters. The molecule has 7 rings (SSSR count). The summed E-state index contributed by atoms with van der Waals surface area (Å²) >= 11 is 0. The van der Waals surface area contributed by atoms with Crippen LogP contribution in [0.2, 0.25) is 0 Å². The van der Waals surface area contributed by atoms with Crippen molar-refractivity contribution in [1.82, 2.24) is 0 Å². The Morgan fingerprint density at radius 1 is 0.594 bits per heavy atom. The molecular formula is C28H14N2O2. The summed E-state index contributed by atoms with van der Waals surface area (Å²) < 4.78 is 13.7. The summed E-state index contributed by atoms with van der Waals surface area (Å²) in [6, 6.07) is 28.4. The lowest BCUT2D eigenvalue weighted by Crippen LogP contribution is -2.57. The van der Waals surface area contributed by atoms with E-state index in [0.717, 1.165) is 43.8 Å². The highest BCUT2D eigenvalue weighted by molar-refractivity contribution is 6.07. The van der Waals surface area contributed by atoms with E-state index in [9.17, 15) is 10.5 Å². The van der Waals surface area contributed by atoms with E-state index in [4.69, 9.17) is 9.47 Å². The molecule has 0 unspecified atom stereocenters. The van der Waals surface area contributed by atoms with Crippen molar-refractivity contribution in [2.75, 3.05) is 0 Å². The maximum Gasteiger partial charge on any atom is 0.230 e. The van der Waals surface area contributed by atoms with Crippen LogP contribution >= 0.6 is 0 Å². The van der Waals surface area contributed by atoms with Gasteiger partial charge in [0.25, 0.3) is 0 Å². The Balaban J connectivity index is 1.50. The van der Waals surface area contributed by atoms with Crippen molar-refractivity contribution in [1.29, 1.82) is 10.5 Å². The molecule has 0 N–H and O–H groups in total. The van der Waals surface area contributed by atoms with E-state index in [1.165, 1.54) is 12.2 Å². The first kappa shape index (κ1) is 17.5. The molecule has 4 heteroatoms. The second kappa shape index (κ2) is 5.72. The number of ether oxygens (including phenoxy) is 2. The molecule has 1 heterocycles. The molecule has 2 aliphatic carbocycles. The molecule has 0 amide bonds. The Morgan fingerprint density at radius 3 is 1.41 bits per heavy atom. The molecule has 4 nitrogen and oxygen atoms in total. The number of rotatable bonds is 0. The van der Waals surface area contributed by atoms with Gasteiger partial charge in [-0.25, -0.2) is 0 Å². The minimum Gasteiger partial charge on any atom is -0.301 e. The van der Waals surface area contributed by atoms with E-state index in [2.05, 4.69) is 12.1 Å². The largest absolute Gasteiger partial charge is 0.301 e. The van der Waals surface area contributed by atoms with E-state index in [0.29, 0.717) is 11.1 Å². The molecule has 2 spiro atoms. The summed E-state index contributed by atoms with van der Waals surface area (Å²) in [6.45, 7) is 0. The summed E-state index contributed by atoms with van der Waals surface area (Å²) in [5.41, 5.74) is 5.03. The van der Waals surface area contributed by atoms with Crippen LogP contribution in [0.5, 0.6) is 0 Å². The number of nitriles is 2. The van der Waals surface area contributed by atoms with E-state index < -0.39 is 11.6 Å². The maximum atomic E-state index is 9.58. The third-order valence-corrected chi connectivity index (χ3v) is 6.80. The van der Waals surface area contributed by atoms with Crippen LogP contribution in [0.4, 0.5) is 0 Å². The van der Waals surface area contributed by atoms with Crippen LogP contribution in [-0.4, -0.2) is 0 Å². The first-order valence-electron chi connectivity index (χ1n) is 10.4. The molecule has 1 aliphatic heterocycles. The maximum absolute atomic E-state index is 9.58. The highest BCUT2D eigenvalue weighted by Crippen LogP contribution is 2.68. The standard InChI is InChI=1S/C28H14N2O2/c29-15-13-21-19-9-1-5-17-7-3-11-23(25(17)19)27(21)31-28(32-27)22(14-16-30)20-10-2-6-18-8-4-12-24(28)26(18)20/h1-14H/b21-13+,22-14+. The number of fused-ring (bicyclic) bond motifs is 2. The first-order chi connectivity index (χ1) is 15.7. The van der Waals surface area contributed by atoms with Gasteiger partial charge in [-0.1, -0.05) is 72.8 Å². The third kappa shape index (κ3) is 1.80. The predicted molar refractivity (Wildman–Crippen MR) is 121 cm³/mol. The van der Waals surface area contributed by atoms with E-state index >= 15 is 0 Å². The van der Waals surface area contributed by atoms with Gasteiger partial charge in [0, 0.05) is 34.4 Å². The Kier molecular flexibility index (Phi) is 3.12. The second-order valence-corrected chi connectivity index (χ2v) is 8.23. The van der Waals surface area contributed by atoms with E-state index in [-0.39, 0.29) is 0 Å². The van der Waals surface area contributed by atoms with Gasteiger partial charge in [-0.05, 0) is 32.7 Å². The molecular weight excluding hydrogens is 396 g/mol. The summed E-state index contributed by atoms with van der Waals surface area (Å²) in [4.78, 5) is 0. The Morgan fingerprint density at radius 2 is 1.00 bits per heavy atom. The molecule has 0 radical (unpaired) electrons. The van der Waals surface area contributed by atoms with Crippen molar-refractivity contribution < 1.29 is 9.47 Å². The lowest BCUT2D eigenvalue weighted by molar-refractivity contribution is -0.477. The van der Waals surface area contributed by atoms with Crippen molar-refractivity contribution in [3.05, 3.63) is 107 Å². The SMILES string of the molecule is N#C/C=C1\c2cccc3cccc(c23)C12OC1(O2)/C(=C/C#N)c2cccc3cccc1c23. The molecule has 32 heavy (non-hydrogen) atoms. The van der Waals surface area contributed by atoms with Crippen molar-refractivity contribution >= 4 is 32.7 Å². The molecule has 0 bridgehead atoms. The lowest BCUT2D eigenvalue weighted by Gasteiger charge is -2.54. The smallest absolute Gasteiger partial charge is 0.230 e. The van der Waals surface area contributed by atoms with Crippen LogP contribution in [0.1, 0.15) is 22.3 Å². The van der Waals surface area contributed by atoms with Crippen LogP contribution in [0.25, 0.3) is 32.7 Å². The Hall–Kier alpha value is -4.22. The molecule has 0 saturated carbocycles. The summed E-state index contributed by atoms with van der Waals surface area (Å²) in [7, 11) is 0. The quantitative estimate of drug-likeness (QED) is 0.339. The van der Waals surface area contributed by atoms with E-state index in [1.807, 2.05) is 72.8 Å². The number of hydrogen-bond acceptors (Lipinski definition) is 4. The minimum absolute atomic E-state index is 0.692. The van der Waals surface area contributed by atoms with Crippen LogP contribution in [-0.2, 0) is 21.0 Å². The number of nitrogens with zero attached hydrogens (tertiary/aromatic N) is 2. The molecule has 1 saturated heterocycles. The van der Waals surface area contributed by atoms with Crippen molar-refractivity contribution in [3.63, 3.8) is 0 Å². The molecule has 4 aromatic rings. The van der Waals surface area contributed by atoms with Crippen LogP contribution in [0, 0.1) is 22.7 Å². The molecule has 1 fully saturated rings. The van der Waals surface area contributed by atoms with Gasteiger partial charge in [0.2, 0.25) is 11.6 Å². The zero-order chi connectivity index (χ0) is 21.5. The normalized spacial score (nSPS) is 26.8. The van der Waals surface area contributed by atoms with Crippen LogP contribution < -0.4 is 0 Å². The fourth-order valence-electron chi connectivity index (χ4n) is 5.65. The van der Waals surface area contributed by atoms with Gasteiger partial charge in [-0.15, -0.1) is 0 Å². The summed E-state index contributed by atoms with van der Waals surface area (Å²) in [6.07, 6.45) is 3.02. The highest BCUT2D eigenvalue weighted by atomic mass is 16.9. The predicted octanol–water partition coefficient (Wildman–Crippen LogP) is 5.89. The zero-order valence-corrected chi connectivity index (χ0v) is 16.8. The van der Waals surface area contributed by atoms with Crippen molar-refractivity contribution in [3.8, 4) is 12.1 Å². The fraction of sp³-hybridized carbons (Fsp3) is 0.0714. The van der Waals surface area contributed by atoms with Gasteiger partial charge in [-0.2, -0.15) is 10.5 Å². The van der Waals surface area contributed by atoms with Crippen molar-refractivity contribution in [2.24, 2.45) is 0 Å². The third-order valence-electron chi connectivity index (χ3n) is 6.80. The lowest BCUT2D eigenvalue weighted by atomic mass is 9.92. The number of hydrogen-bond donors (Lipinski definition) is 0. The topological polar surface area (TPSA) is 66.0 Å². The monoisotopic (exact) mass is 410 g/mol. The van der Waals surface area contributed by atoms with Crippen LogP contribution in [0.3, 0.4) is 0 Å². The average molecular weight is 410 g/mol. The van der Waals surface area contributed by atoms with Crippen molar-refractivity contribution in [2.45, 2.75) is 11.6 Å². The fourth-order valence-corrected chi connectivity index (χ4v) is 5.65. The average Bonchev–Trinajstić information content (AvgIpc) is 3.23. The summed E-state index contributed by atoms with van der Waals surface area (Å²) in [5, 5.41) is 23.4. The first-order valence-corrected chi connectivity index (χ1v) is 10.4.